The number of nitro benzene ring substituents is 1. The predicted molar refractivity (Wildman–Crippen MR) is 73.8 cm³/mol. The Morgan fingerprint density at radius 1 is 1.45 bits per heavy atom. The monoisotopic (exact) mass is 279 g/mol. The number of aliphatic hydroxyl groups excluding tert-OH is 1. The van der Waals surface area contributed by atoms with E-state index < -0.39 is 11.0 Å². The number of rotatable bonds is 2. The molecule has 2 N–H and O–H groups in total. The summed E-state index contributed by atoms with van der Waals surface area (Å²) >= 11 is 0. The first-order valence-electron chi connectivity index (χ1n) is 6.38. The van der Waals surface area contributed by atoms with E-state index in [4.69, 9.17) is 0 Å². The van der Waals surface area contributed by atoms with Gasteiger partial charge in [0.05, 0.1) is 11.0 Å². The van der Waals surface area contributed by atoms with Crippen LogP contribution in [0.2, 0.25) is 0 Å². The molecule has 1 aliphatic heterocycles. The first kappa shape index (κ1) is 14.3. The van der Waals surface area contributed by atoms with Crippen molar-refractivity contribution in [2.45, 2.75) is 26.4 Å². The summed E-state index contributed by atoms with van der Waals surface area (Å²) in [5, 5.41) is 23.0. The summed E-state index contributed by atoms with van der Waals surface area (Å²) in [6.45, 7) is 4.17. The minimum absolute atomic E-state index is 0.0390. The largest absolute Gasteiger partial charge is 0.391 e. The van der Waals surface area contributed by atoms with E-state index in [0.29, 0.717) is 36.3 Å². The van der Waals surface area contributed by atoms with Gasteiger partial charge in [-0.15, -0.1) is 0 Å². The minimum atomic E-state index is -0.472. The maximum atomic E-state index is 12.0. The van der Waals surface area contributed by atoms with Crippen molar-refractivity contribution >= 4 is 17.4 Å². The smallest absolute Gasteiger partial charge is 0.321 e. The highest BCUT2D eigenvalue weighted by Gasteiger charge is 2.25. The molecule has 0 spiro atoms. The van der Waals surface area contributed by atoms with Crippen LogP contribution in [0.5, 0.6) is 0 Å². The fourth-order valence-corrected chi connectivity index (χ4v) is 2.25. The Morgan fingerprint density at radius 3 is 2.70 bits per heavy atom. The van der Waals surface area contributed by atoms with E-state index >= 15 is 0 Å². The number of hydrogen-bond donors (Lipinski definition) is 2. The lowest BCUT2D eigenvalue weighted by atomic mass is 10.1. The molecule has 0 aromatic heterocycles. The molecule has 0 saturated carbocycles. The molecule has 1 aliphatic rings. The lowest BCUT2D eigenvalue weighted by Crippen LogP contribution is -2.33. The number of nitrogens with one attached hydrogen (secondary N) is 1. The van der Waals surface area contributed by atoms with Gasteiger partial charge >= 0.3 is 6.03 Å². The summed E-state index contributed by atoms with van der Waals surface area (Å²) in [4.78, 5) is 23.9. The van der Waals surface area contributed by atoms with Gasteiger partial charge in [-0.2, -0.15) is 0 Å². The zero-order chi connectivity index (χ0) is 14.9. The van der Waals surface area contributed by atoms with Crippen LogP contribution in [0.4, 0.5) is 16.2 Å². The number of nitrogens with zero attached hydrogens (tertiary/aromatic N) is 2. The van der Waals surface area contributed by atoms with Gasteiger partial charge in [-0.1, -0.05) is 0 Å². The van der Waals surface area contributed by atoms with Gasteiger partial charge in [0.2, 0.25) is 0 Å². The highest BCUT2D eigenvalue weighted by Crippen LogP contribution is 2.26. The zero-order valence-corrected chi connectivity index (χ0v) is 11.4. The van der Waals surface area contributed by atoms with E-state index in [1.54, 1.807) is 19.9 Å². The first-order valence-corrected chi connectivity index (χ1v) is 6.38. The van der Waals surface area contributed by atoms with Gasteiger partial charge in [0.25, 0.3) is 5.69 Å². The maximum Gasteiger partial charge on any atom is 0.321 e. The first-order chi connectivity index (χ1) is 9.38. The van der Waals surface area contributed by atoms with Crippen molar-refractivity contribution < 1.29 is 14.8 Å². The summed E-state index contributed by atoms with van der Waals surface area (Å²) in [5.41, 5.74) is 1.73. The third-order valence-corrected chi connectivity index (χ3v) is 3.43. The van der Waals surface area contributed by atoms with Gasteiger partial charge in [-0.05, 0) is 31.9 Å². The third kappa shape index (κ3) is 2.88. The summed E-state index contributed by atoms with van der Waals surface area (Å²) < 4.78 is 0. The number of carbonyl (C=O) groups is 1. The average Bonchev–Trinajstić information content (AvgIpc) is 2.79. The van der Waals surface area contributed by atoms with Crippen molar-refractivity contribution in [1.29, 1.82) is 0 Å². The highest BCUT2D eigenvalue weighted by atomic mass is 16.6. The van der Waals surface area contributed by atoms with E-state index in [-0.39, 0.29) is 11.7 Å². The van der Waals surface area contributed by atoms with Crippen molar-refractivity contribution in [2.75, 3.05) is 18.4 Å². The van der Waals surface area contributed by atoms with Crippen LogP contribution in [0.25, 0.3) is 0 Å². The van der Waals surface area contributed by atoms with Crippen LogP contribution in [0, 0.1) is 24.0 Å². The SMILES string of the molecule is Cc1cc([N+](=O)[O-])c(C)cc1NC(=O)N1CC[C@H](O)C1. The third-order valence-electron chi connectivity index (χ3n) is 3.43. The molecular formula is C13H17N3O4. The summed E-state index contributed by atoms with van der Waals surface area (Å²) in [7, 11) is 0. The van der Waals surface area contributed by atoms with Crippen molar-refractivity contribution in [3.8, 4) is 0 Å². The van der Waals surface area contributed by atoms with E-state index in [0.717, 1.165) is 0 Å². The van der Waals surface area contributed by atoms with Gasteiger partial charge in [0.1, 0.15) is 0 Å². The van der Waals surface area contributed by atoms with Gasteiger partial charge < -0.3 is 15.3 Å². The lowest BCUT2D eigenvalue weighted by Gasteiger charge is -2.17. The van der Waals surface area contributed by atoms with E-state index in [2.05, 4.69) is 5.32 Å². The standard InChI is InChI=1S/C13H17N3O4/c1-8-6-12(16(19)20)9(2)5-11(8)14-13(18)15-4-3-10(17)7-15/h5-6,10,17H,3-4,7H2,1-2H3,(H,14,18)/t10-/m0/s1. The van der Waals surface area contributed by atoms with Crippen LogP contribution < -0.4 is 5.32 Å². The number of aliphatic hydroxyl groups is 1. The average molecular weight is 279 g/mol. The molecular weight excluding hydrogens is 262 g/mol. The number of benzene rings is 1. The van der Waals surface area contributed by atoms with Crippen molar-refractivity contribution in [3.63, 3.8) is 0 Å². The Hall–Kier alpha value is -2.15. The molecule has 108 valence electrons. The normalized spacial score (nSPS) is 18.1. The van der Waals surface area contributed by atoms with E-state index in [1.165, 1.54) is 11.0 Å². The number of likely N-dealkylation sites (tertiary alicyclic amines) is 1. The molecule has 7 nitrogen and oxygen atoms in total. The fraction of sp³-hybridized carbons (Fsp3) is 0.462. The predicted octanol–water partition coefficient (Wildman–Crippen LogP) is 1.81. The van der Waals surface area contributed by atoms with Crippen LogP contribution in [0.1, 0.15) is 17.5 Å². The molecule has 1 aromatic carbocycles. The molecule has 0 bridgehead atoms. The summed E-state index contributed by atoms with van der Waals surface area (Å²) in [6.07, 6.45) is 0.103. The fourth-order valence-electron chi connectivity index (χ4n) is 2.25. The number of carbonyl (C=O) groups excluding carboxylic acids is 1. The van der Waals surface area contributed by atoms with Gasteiger partial charge in [-0.25, -0.2) is 4.79 Å². The molecule has 1 atom stereocenters. The van der Waals surface area contributed by atoms with Crippen LogP contribution in [-0.2, 0) is 0 Å². The van der Waals surface area contributed by atoms with Crippen LogP contribution in [-0.4, -0.2) is 40.2 Å². The molecule has 1 fully saturated rings. The van der Waals surface area contributed by atoms with Gasteiger partial charge in [0.15, 0.2) is 0 Å². The van der Waals surface area contributed by atoms with Crippen molar-refractivity contribution in [3.05, 3.63) is 33.4 Å². The van der Waals surface area contributed by atoms with Crippen LogP contribution in [0.15, 0.2) is 12.1 Å². The Labute approximate surface area is 116 Å². The van der Waals surface area contributed by atoms with Crippen molar-refractivity contribution in [2.24, 2.45) is 0 Å². The van der Waals surface area contributed by atoms with E-state index in [9.17, 15) is 20.0 Å². The van der Waals surface area contributed by atoms with E-state index in [1.807, 2.05) is 0 Å². The number of amides is 2. The van der Waals surface area contributed by atoms with Crippen molar-refractivity contribution in [1.82, 2.24) is 4.90 Å². The Bertz CT molecular complexity index is 559. The second-order valence-electron chi connectivity index (χ2n) is 5.03. The number of nitro groups is 1. The lowest BCUT2D eigenvalue weighted by molar-refractivity contribution is -0.385. The zero-order valence-electron chi connectivity index (χ0n) is 11.4. The molecule has 1 saturated heterocycles. The quantitative estimate of drug-likeness (QED) is 0.637. The number of anilines is 1. The summed E-state index contributed by atoms with van der Waals surface area (Å²) in [5.74, 6) is 0. The second kappa shape index (κ2) is 5.46. The van der Waals surface area contributed by atoms with Gasteiger partial charge in [0, 0.05) is 30.4 Å². The molecule has 0 radical (unpaired) electrons. The number of urea groups is 1. The molecule has 7 heteroatoms. The molecule has 1 heterocycles. The topological polar surface area (TPSA) is 95.7 Å². The molecule has 0 unspecified atom stereocenters. The maximum absolute atomic E-state index is 12.0. The Kier molecular flexibility index (Phi) is 3.89. The minimum Gasteiger partial charge on any atom is -0.391 e. The molecule has 2 rings (SSSR count). The number of β-amino-alcohol motifs (C(OH)–C–C–N with tert-alkyl or cyclic N) is 1. The highest BCUT2D eigenvalue weighted by molar-refractivity contribution is 5.90. The van der Waals surface area contributed by atoms with Crippen LogP contribution >= 0.6 is 0 Å². The van der Waals surface area contributed by atoms with Gasteiger partial charge in [-0.3, -0.25) is 10.1 Å². The molecule has 2 amide bonds. The number of aryl methyl sites for hydroxylation is 2. The molecule has 20 heavy (non-hydrogen) atoms. The second-order valence-corrected chi connectivity index (χ2v) is 5.03. The molecule has 1 aromatic rings. The summed E-state index contributed by atoms with van der Waals surface area (Å²) in [6, 6.07) is 2.75. The Morgan fingerprint density at radius 2 is 2.15 bits per heavy atom. The Balaban J connectivity index is 2.15. The van der Waals surface area contributed by atoms with Crippen LogP contribution in [0.3, 0.4) is 0 Å². The number of hydrogen-bond acceptors (Lipinski definition) is 4. The molecule has 0 aliphatic carbocycles.